The van der Waals surface area contributed by atoms with E-state index in [1.807, 2.05) is 0 Å². The Labute approximate surface area is 78.9 Å². The van der Waals surface area contributed by atoms with Gasteiger partial charge in [0.05, 0.1) is 17.0 Å². The van der Waals surface area contributed by atoms with E-state index in [0.29, 0.717) is 11.2 Å². The molecule has 0 radical (unpaired) electrons. The molecule has 0 saturated heterocycles. The van der Waals surface area contributed by atoms with Crippen LogP contribution in [0.25, 0.3) is 5.52 Å². The monoisotopic (exact) mass is 199 g/mol. The predicted octanol–water partition coefficient (Wildman–Crippen LogP) is 1.59. The molecule has 3 nitrogen and oxygen atoms in total. The summed E-state index contributed by atoms with van der Waals surface area (Å²) in [4.78, 5) is 3.96. The number of nitrogens with zero attached hydrogens (tertiary/aromatic N) is 2. The van der Waals surface area contributed by atoms with Gasteiger partial charge in [-0.05, 0) is 6.07 Å². The topological polar surface area (TPSA) is 43.3 Å². The lowest BCUT2D eigenvalue weighted by Gasteiger charge is -1.99. The second-order valence-corrected chi connectivity index (χ2v) is 3.04. The molecule has 0 bridgehead atoms. The minimum atomic E-state index is -0.470. The normalized spacial score (nSPS) is 11.0. The highest BCUT2D eigenvalue weighted by molar-refractivity contribution is 6.31. The summed E-state index contributed by atoms with van der Waals surface area (Å²) in [6.45, 7) is 0.202. The van der Waals surface area contributed by atoms with Crippen LogP contribution in [0.1, 0.15) is 5.69 Å². The molecule has 0 amide bonds. The highest BCUT2D eigenvalue weighted by Gasteiger charge is 2.10. The van der Waals surface area contributed by atoms with Crippen LogP contribution in [0.4, 0.5) is 4.39 Å². The molecule has 2 aromatic heterocycles. The van der Waals surface area contributed by atoms with Gasteiger partial charge in [-0.25, -0.2) is 9.37 Å². The van der Waals surface area contributed by atoms with Gasteiger partial charge in [0, 0.05) is 12.7 Å². The quantitative estimate of drug-likeness (QED) is 0.758. The molecule has 0 fully saturated rings. The lowest BCUT2D eigenvalue weighted by Crippen LogP contribution is -1.98. The highest BCUT2D eigenvalue weighted by atomic mass is 35.5. The Morgan fingerprint density at radius 2 is 2.38 bits per heavy atom. The lowest BCUT2D eigenvalue weighted by atomic mass is 10.3. The Balaban J connectivity index is 2.85. The van der Waals surface area contributed by atoms with Gasteiger partial charge in [-0.1, -0.05) is 11.6 Å². The SMILES string of the molecule is NCc1ncn2ccc(Cl)c(F)c12. The highest BCUT2D eigenvalue weighted by Crippen LogP contribution is 2.21. The first kappa shape index (κ1) is 8.47. The van der Waals surface area contributed by atoms with Gasteiger partial charge in [-0.2, -0.15) is 0 Å². The van der Waals surface area contributed by atoms with E-state index in [9.17, 15) is 4.39 Å². The van der Waals surface area contributed by atoms with Gasteiger partial charge >= 0.3 is 0 Å². The van der Waals surface area contributed by atoms with E-state index in [2.05, 4.69) is 4.98 Å². The number of rotatable bonds is 1. The number of imidazole rings is 1. The Morgan fingerprint density at radius 1 is 1.62 bits per heavy atom. The second-order valence-electron chi connectivity index (χ2n) is 2.63. The van der Waals surface area contributed by atoms with Crippen molar-refractivity contribution in [3.8, 4) is 0 Å². The van der Waals surface area contributed by atoms with Crippen molar-refractivity contribution >= 4 is 17.1 Å². The average Bonchev–Trinajstić information content (AvgIpc) is 2.55. The molecule has 0 aromatic carbocycles. The van der Waals surface area contributed by atoms with Gasteiger partial charge in [0.25, 0.3) is 0 Å². The standard InChI is InChI=1S/C8H7ClFN3/c9-5-1-2-13-4-12-6(3-11)8(13)7(5)10/h1-2,4H,3,11H2. The minimum Gasteiger partial charge on any atom is -0.325 e. The van der Waals surface area contributed by atoms with E-state index in [-0.39, 0.29) is 11.6 Å². The van der Waals surface area contributed by atoms with Crippen molar-refractivity contribution in [1.29, 1.82) is 0 Å². The van der Waals surface area contributed by atoms with E-state index in [4.69, 9.17) is 17.3 Å². The van der Waals surface area contributed by atoms with Crippen LogP contribution in [0.5, 0.6) is 0 Å². The first-order valence-electron chi connectivity index (χ1n) is 3.73. The molecule has 2 heterocycles. The van der Waals surface area contributed by atoms with Crippen LogP contribution in [0.3, 0.4) is 0 Å². The molecule has 2 rings (SSSR count). The van der Waals surface area contributed by atoms with Gasteiger partial charge in [-0.15, -0.1) is 0 Å². The summed E-state index contributed by atoms with van der Waals surface area (Å²) in [6.07, 6.45) is 3.16. The van der Waals surface area contributed by atoms with Crippen molar-refractivity contribution < 1.29 is 4.39 Å². The number of halogens is 2. The first-order chi connectivity index (χ1) is 6.24. The van der Waals surface area contributed by atoms with Crippen LogP contribution in [0.2, 0.25) is 5.02 Å². The molecular weight excluding hydrogens is 193 g/mol. The van der Waals surface area contributed by atoms with E-state index in [1.165, 1.54) is 12.4 Å². The number of fused-ring (bicyclic) bond motifs is 1. The zero-order chi connectivity index (χ0) is 9.42. The molecule has 13 heavy (non-hydrogen) atoms. The summed E-state index contributed by atoms with van der Waals surface area (Å²) in [5.74, 6) is -0.470. The van der Waals surface area contributed by atoms with Gasteiger partial charge < -0.3 is 10.1 Å². The molecule has 0 saturated carbocycles. The molecular formula is C8H7ClFN3. The molecule has 0 spiro atoms. The summed E-state index contributed by atoms with van der Waals surface area (Å²) in [5.41, 5.74) is 6.26. The molecule has 0 unspecified atom stereocenters. The van der Waals surface area contributed by atoms with Crippen LogP contribution < -0.4 is 5.73 Å². The number of pyridine rings is 1. The van der Waals surface area contributed by atoms with Crippen LogP contribution in [-0.2, 0) is 6.54 Å². The minimum absolute atomic E-state index is 0.0858. The zero-order valence-corrected chi connectivity index (χ0v) is 7.42. The van der Waals surface area contributed by atoms with Gasteiger partial charge in [0.2, 0.25) is 0 Å². The first-order valence-corrected chi connectivity index (χ1v) is 4.11. The Morgan fingerprint density at radius 3 is 3.08 bits per heavy atom. The summed E-state index contributed by atoms with van der Waals surface area (Å²) < 4.78 is 15.0. The molecule has 2 N–H and O–H groups in total. The zero-order valence-electron chi connectivity index (χ0n) is 6.67. The molecule has 0 aliphatic heterocycles. The molecule has 68 valence electrons. The van der Waals surface area contributed by atoms with Crippen LogP contribution in [-0.4, -0.2) is 9.38 Å². The van der Waals surface area contributed by atoms with Crippen molar-refractivity contribution in [2.45, 2.75) is 6.54 Å². The third kappa shape index (κ3) is 1.18. The molecule has 0 aliphatic rings. The third-order valence-corrected chi connectivity index (χ3v) is 2.15. The third-order valence-electron chi connectivity index (χ3n) is 1.86. The molecule has 2 aromatic rings. The fourth-order valence-corrected chi connectivity index (χ4v) is 1.38. The lowest BCUT2D eigenvalue weighted by molar-refractivity contribution is 0.632. The fraction of sp³-hybridized carbons (Fsp3) is 0.125. The fourth-order valence-electron chi connectivity index (χ4n) is 1.23. The van der Waals surface area contributed by atoms with Gasteiger partial charge in [-0.3, -0.25) is 0 Å². The van der Waals surface area contributed by atoms with Crippen molar-refractivity contribution in [3.05, 3.63) is 35.1 Å². The van der Waals surface area contributed by atoms with E-state index >= 15 is 0 Å². The van der Waals surface area contributed by atoms with E-state index in [1.54, 1.807) is 10.6 Å². The van der Waals surface area contributed by atoms with Crippen molar-refractivity contribution in [2.24, 2.45) is 5.73 Å². The maximum Gasteiger partial charge on any atom is 0.167 e. The van der Waals surface area contributed by atoms with Crippen LogP contribution >= 0.6 is 11.6 Å². The maximum absolute atomic E-state index is 13.4. The summed E-state index contributed by atoms with van der Waals surface area (Å²) >= 11 is 5.62. The predicted molar refractivity (Wildman–Crippen MR) is 48.1 cm³/mol. The molecule has 0 aliphatic carbocycles. The molecule has 0 atom stereocenters. The number of aromatic nitrogens is 2. The summed E-state index contributed by atoms with van der Waals surface area (Å²) in [5, 5.41) is 0.0858. The Kier molecular flexibility index (Phi) is 1.94. The van der Waals surface area contributed by atoms with Crippen molar-refractivity contribution in [3.63, 3.8) is 0 Å². The van der Waals surface area contributed by atoms with Crippen LogP contribution in [0.15, 0.2) is 18.6 Å². The van der Waals surface area contributed by atoms with Crippen molar-refractivity contribution in [2.75, 3.05) is 0 Å². The van der Waals surface area contributed by atoms with E-state index < -0.39 is 5.82 Å². The second kappa shape index (κ2) is 2.97. The van der Waals surface area contributed by atoms with Gasteiger partial charge in [0.1, 0.15) is 5.52 Å². The average molecular weight is 200 g/mol. The number of hydrogen-bond acceptors (Lipinski definition) is 2. The van der Waals surface area contributed by atoms with Crippen LogP contribution in [0, 0.1) is 5.82 Å². The van der Waals surface area contributed by atoms with E-state index in [0.717, 1.165) is 0 Å². The smallest absolute Gasteiger partial charge is 0.167 e. The summed E-state index contributed by atoms with van der Waals surface area (Å²) in [7, 11) is 0. The summed E-state index contributed by atoms with van der Waals surface area (Å²) in [6, 6.07) is 1.48. The largest absolute Gasteiger partial charge is 0.325 e. The number of nitrogens with two attached hydrogens (primary N) is 1. The van der Waals surface area contributed by atoms with Crippen molar-refractivity contribution in [1.82, 2.24) is 9.38 Å². The number of hydrogen-bond donors (Lipinski definition) is 1. The Bertz CT molecular complexity index is 452. The van der Waals surface area contributed by atoms with Gasteiger partial charge in [0.15, 0.2) is 5.82 Å². The maximum atomic E-state index is 13.4. The Hall–Kier alpha value is -1.13. The molecule has 5 heteroatoms.